The molecule has 24 heavy (non-hydrogen) atoms. The number of ether oxygens (including phenoxy) is 1. The quantitative estimate of drug-likeness (QED) is 0.898. The zero-order valence-electron chi connectivity index (χ0n) is 13.8. The van der Waals surface area contributed by atoms with Gasteiger partial charge in [0.05, 0.1) is 12.7 Å². The third kappa shape index (κ3) is 4.16. The fourth-order valence-electron chi connectivity index (χ4n) is 2.95. The molecule has 1 aliphatic rings. The Morgan fingerprint density at radius 3 is 2.88 bits per heavy atom. The smallest absolute Gasteiger partial charge is 0.225 e. The van der Waals surface area contributed by atoms with E-state index in [0.717, 1.165) is 43.0 Å². The van der Waals surface area contributed by atoms with E-state index in [1.54, 1.807) is 10.9 Å². The summed E-state index contributed by atoms with van der Waals surface area (Å²) in [4.78, 5) is 12.4. The van der Waals surface area contributed by atoms with Crippen LogP contribution in [0.2, 0.25) is 5.02 Å². The zero-order chi connectivity index (χ0) is 16.9. The van der Waals surface area contributed by atoms with Gasteiger partial charge in [-0.3, -0.25) is 4.79 Å². The Hall–Kier alpha value is -1.85. The molecule has 0 spiro atoms. The minimum atomic E-state index is 0.0332. The lowest BCUT2D eigenvalue weighted by Crippen LogP contribution is -2.23. The molecule has 0 radical (unpaired) electrons. The second kappa shape index (κ2) is 7.81. The van der Waals surface area contributed by atoms with E-state index >= 15 is 0 Å². The van der Waals surface area contributed by atoms with E-state index in [9.17, 15) is 4.79 Å². The van der Waals surface area contributed by atoms with Crippen molar-refractivity contribution < 1.29 is 9.53 Å². The highest BCUT2D eigenvalue weighted by molar-refractivity contribution is 6.31. The van der Waals surface area contributed by atoms with Crippen LogP contribution in [0.15, 0.2) is 30.5 Å². The Bertz CT molecular complexity index is 708. The van der Waals surface area contributed by atoms with Gasteiger partial charge in [-0.05, 0) is 37.3 Å². The molecule has 0 bridgehead atoms. The van der Waals surface area contributed by atoms with Crippen molar-refractivity contribution in [1.29, 1.82) is 0 Å². The Morgan fingerprint density at radius 2 is 2.12 bits per heavy atom. The van der Waals surface area contributed by atoms with Gasteiger partial charge in [-0.1, -0.05) is 29.8 Å². The maximum atomic E-state index is 12.4. The topological polar surface area (TPSA) is 56.2 Å². The van der Waals surface area contributed by atoms with Gasteiger partial charge in [-0.25, -0.2) is 4.68 Å². The van der Waals surface area contributed by atoms with E-state index < -0.39 is 0 Å². The number of amides is 1. The van der Waals surface area contributed by atoms with E-state index in [0.29, 0.717) is 23.9 Å². The van der Waals surface area contributed by atoms with Crippen LogP contribution < -0.4 is 5.32 Å². The summed E-state index contributed by atoms with van der Waals surface area (Å²) in [6, 6.07) is 7.67. The molecule has 1 aliphatic heterocycles. The molecule has 2 heterocycles. The number of anilines is 1. The molecule has 2 aromatic rings. The van der Waals surface area contributed by atoms with Gasteiger partial charge in [0.1, 0.15) is 5.82 Å². The van der Waals surface area contributed by atoms with Crippen molar-refractivity contribution >= 4 is 23.3 Å². The molecule has 6 heteroatoms. The van der Waals surface area contributed by atoms with Gasteiger partial charge in [-0.15, -0.1) is 0 Å². The minimum Gasteiger partial charge on any atom is -0.381 e. The molecule has 0 atom stereocenters. The van der Waals surface area contributed by atoms with Crippen LogP contribution in [0.3, 0.4) is 0 Å². The molecular formula is C18H22ClN3O2. The van der Waals surface area contributed by atoms with Crippen LogP contribution in [-0.4, -0.2) is 28.9 Å². The second-order valence-corrected chi connectivity index (χ2v) is 6.64. The van der Waals surface area contributed by atoms with E-state index in [1.165, 1.54) is 0 Å². The first-order chi connectivity index (χ1) is 11.6. The lowest BCUT2D eigenvalue weighted by atomic mass is 9.96. The van der Waals surface area contributed by atoms with Crippen LogP contribution in [-0.2, 0) is 16.1 Å². The molecule has 0 aliphatic carbocycles. The van der Waals surface area contributed by atoms with Crippen molar-refractivity contribution in [2.75, 3.05) is 18.5 Å². The van der Waals surface area contributed by atoms with Gasteiger partial charge >= 0.3 is 0 Å². The maximum Gasteiger partial charge on any atom is 0.225 e. The number of nitrogens with one attached hydrogen (secondary N) is 1. The van der Waals surface area contributed by atoms with Crippen LogP contribution in [0.5, 0.6) is 0 Å². The summed E-state index contributed by atoms with van der Waals surface area (Å²) in [5, 5.41) is 8.10. The monoisotopic (exact) mass is 347 g/mol. The van der Waals surface area contributed by atoms with Crippen molar-refractivity contribution in [3.8, 4) is 0 Å². The van der Waals surface area contributed by atoms with Crippen molar-refractivity contribution in [2.45, 2.75) is 32.7 Å². The molecule has 1 amide bonds. The number of benzene rings is 1. The normalized spacial score (nSPS) is 15.4. The molecule has 1 saturated heterocycles. The third-order valence-corrected chi connectivity index (χ3v) is 4.74. The number of hydrogen-bond donors (Lipinski definition) is 1. The number of nitrogens with zero attached hydrogens (tertiary/aromatic N) is 2. The maximum absolute atomic E-state index is 12.4. The first kappa shape index (κ1) is 17.0. The largest absolute Gasteiger partial charge is 0.381 e. The minimum absolute atomic E-state index is 0.0332. The van der Waals surface area contributed by atoms with Crippen molar-refractivity contribution in [3.63, 3.8) is 0 Å². The highest BCUT2D eigenvalue weighted by Gasteiger charge is 2.19. The number of carbonyl (C=O) groups excluding carboxylic acids is 1. The molecule has 5 nitrogen and oxygen atoms in total. The van der Waals surface area contributed by atoms with E-state index in [4.69, 9.17) is 16.3 Å². The second-order valence-electron chi connectivity index (χ2n) is 6.23. The third-order valence-electron chi connectivity index (χ3n) is 4.37. The molecule has 1 aromatic carbocycles. The number of aryl methyl sites for hydroxylation is 1. The molecule has 0 saturated carbocycles. The van der Waals surface area contributed by atoms with Gasteiger partial charge in [0.2, 0.25) is 5.91 Å². The number of hydrogen-bond acceptors (Lipinski definition) is 3. The Labute approximate surface area is 147 Å². The predicted molar refractivity (Wildman–Crippen MR) is 94.3 cm³/mol. The SMILES string of the molecule is Cc1cnn(Cc2ccccc2Cl)c1NC(=O)CC1CCOCC1. The Morgan fingerprint density at radius 1 is 1.38 bits per heavy atom. The van der Waals surface area contributed by atoms with Crippen molar-refractivity contribution in [3.05, 3.63) is 46.6 Å². The Balaban J connectivity index is 1.68. The first-order valence-corrected chi connectivity index (χ1v) is 8.64. The molecule has 128 valence electrons. The number of rotatable bonds is 5. The van der Waals surface area contributed by atoms with Gasteiger partial charge in [0.15, 0.2) is 0 Å². The summed E-state index contributed by atoms with van der Waals surface area (Å²) in [6.45, 7) is 3.98. The number of halogens is 1. The summed E-state index contributed by atoms with van der Waals surface area (Å²) >= 11 is 6.23. The summed E-state index contributed by atoms with van der Waals surface area (Å²) in [5.74, 6) is 1.18. The summed E-state index contributed by atoms with van der Waals surface area (Å²) in [5.41, 5.74) is 1.92. The number of carbonyl (C=O) groups is 1. The molecule has 0 unspecified atom stereocenters. The summed E-state index contributed by atoms with van der Waals surface area (Å²) in [6.07, 6.45) is 4.19. The highest BCUT2D eigenvalue weighted by Crippen LogP contribution is 2.22. The lowest BCUT2D eigenvalue weighted by Gasteiger charge is -2.21. The van der Waals surface area contributed by atoms with Crippen LogP contribution >= 0.6 is 11.6 Å². The average Bonchev–Trinajstić information content (AvgIpc) is 2.91. The van der Waals surface area contributed by atoms with Gasteiger partial charge in [0.25, 0.3) is 0 Å². The fourth-order valence-corrected chi connectivity index (χ4v) is 3.14. The summed E-state index contributed by atoms with van der Waals surface area (Å²) < 4.78 is 7.13. The van der Waals surface area contributed by atoms with Crippen LogP contribution in [0, 0.1) is 12.8 Å². The van der Waals surface area contributed by atoms with E-state index in [-0.39, 0.29) is 5.91 Å². The average molecular weight is 348 g/mol. The fraction of sp³-hybridized carbons (Fsp3) is 0.444. The molecule has 1 N–H and O–H groups in total. The van der Waals surface area contributed by atoms with Gasteiger partial charge < -0.3 is 10.1 Å². The van der Waals surface area contributed by atoms with Gasteiger partial charge in [-0.2, -0.15) is 5.10 Å². The number of aromatic nitrogens is 2. The predicted octanol–water partition coefficient (Wildman–Crippen LogP) is 3.65. The standard InChI is InChI=1S/C18H22ClN3O2/c1-13-11-20-22(12-15-4-2-3-5-16(15)19)18(13)21-17(23)10-14-6-8-24-9-7-14/h2-5,11,14H,6-10,12H2,1H3,(H,21,23). The van der Waals surface area contributed by atoms with Crippen LogP contribution in [0.4, 0.5) is 5.82 Å². The zero-order valence-corrected chi connectivity index (χ0v) is 14.6. The molecule has 3 rings (SSSR count). The first-order valence-electron chi connectivity index (χ1n) is 8.27. The molecular weight excluding hydrogens is 326 g/mol. The van der Waals surface area contributed by atoms with Crippen LogP contribution in [0.1, 0.15) is 30.4 Å². The Kier molecular flexibility index (Phi) is 5.53. The molecule has 1 fully saturated rings. The van der Waals surface area contributed by atoms with Crippen molar-refractivity contribution in [1.82, 2.24) is 9.78 Å². The van der Waals surface area contributed by atoms with E-state index in [2.05, 4.69) is 10.4 Å². The van der Waals surface area contributed by atoms with Crippen molar-refractivity contribution in [2.24, 2.45) is 5.92 Å². The lowest BCUT2D eigenvalue weighted by molar-refractivity contribution is -0.117. The summed E-state index contributed by atoms with van der Waals surface area (Å²) in [7, 11) is 0. The highest BCUT2D eigenvalue weighted by atomic mass is 35.5. The van der Waals surface area contributed by atoms with Crippen LogP contribution in [0.25, 0.3) is 0 Å². The van der Waals surface area contributed by atoms with Gasteiger partial charge in [0, 0.05) is 30.2 Å². The van der Waals surface area contributed by atoms with E-state index in [1.807, 2.05) is 31.2 Å². The molecule has 1 aromatic heterocycles.